The van der Waals surface area contributed by atoms with Gasteiger partial charge in [0.2, 0.25) is 0 Å². The van der Waals surface area contributed by atoms with Gasteiger partial charge in [-0.15, -0.1) is 0 Å². The van der Waals surface area contributed by atoms with E-state index in [0.29, 0.717) is 11.6 Å². The van der Waals surface area contributed by atoms with Crippen LogP contribution in [-0.4, -0.2) is 30.1 Å². The molecule has 0 aromatic carbocycles. The van der Waals surface area contributed by atoms with Crippen molar-refractivity contribution in [2.24, 2.45) is 5.73 Å². The van der Waals surface area contributed by atoms with Crippen LogP contribution in [0.5, 0.6) is 0 Å². The second kappa shape index (κ2) is 4.43. The third kappa shape index (κ3) is 2.05. The van der Waals surface area contributed by atoms with Gasteiger partial charge in [0.1, 0.15) is 0 Å². The molecule has 0 radical (unpaired) electrons. The molecule has 2 N–H and O–H groups in total. The Bertz CT molecular complexity index is 152. The van der Waals surface area contributed by atoms with Crippen molar-refractivity contribution in [1.29, 1.82) is 0 Å². The summed E-state index contributed by atoms with van der Waals surface area (Å²) in [7, 11) is 2.23. The Labute approximate surface area is 82.5 Å². The van der Waals surface area contributed by atoms with E-state index in [4.69, 9.17) is 5.73 Å². The Morgan fingerprint density at radius 3 is 2.23 bits per heavy atom. The first-order chi connectivity index (χ1) is 6.23. The number of piperidine rings is 1. The normalized spacial score (nSPS) is 31.8. The van der Waals surface area contributed by atoms with Crippen LogP contribution >= 0.6 is 0 Å². The van der Waals surface area contributed by atoms with Crippen molar-refractivity contribution >= 4 is 0 Å². The zero-order valence-electron chi connectivity index (χ0n) is 9.34. The standard InChI is InChI=1S/C9H18N2.C2H6/c1-11-7-8(10)3-6-9(11)4-2-5-9;1-2/h8H,2-7,10H2,1H3;1-2H3. The van der Waals surface area contributed by atoms with E-state index in [0.717, 1.165) is 6.54 Å². The molecule has 0 aromatic rings. The van der Waals surface area contributed by atoms with Crippen LogP contribution in [0.15, 0.2) is 0 Å². The van der Waals surface area contributed by atoms with E-state index in [1.54, 1.807) is 0 Å². The zero-order chi connectivity index (χ0) is 9.90. The number of hydrogen-bond donors (Lipinski definition) is 1. The van der Waals surface area contributed by atoms with E-state index in [1.165, 1.54) is 32.1 Å². The molecule has 0 amide bonds. The van der Waals surface area contributed by atoms with Crippen LogP contribution in [0.2, 0.25) is 0 Å². The summed E-state index contributed by atoms with van der Waals surface area (Å²) in [6, 6.07) is 0.436. The lowest BCUT2D eigenvalue weighted by atomic mass is 9.70. The average molecular weight is 184 g/mol. The Morgan fingerprint density at radius 2 is 1.85 bits per heavy atom. The Balaban J connectivity index is 0.000000396. The largest absolute Gasteiger partial charge is 0.327 e. The number of likely N-dealkylation sites (tertiary alicyclic amines) is 1. The molecule has 1 saturated heterocycles. The van der Waals surface area contributed by atoms with Gasteiger partial charge >= 0.3 is 0 Å². The van der Waals surface area contributed by atoms with Gasteiger partial charge in [-0.3, -0.25) is 4.90 Å². The van der Waals surface area contributed by atoms with E-state index in [9.17, 15) is 0 Å². The number of nitrogens with two attached hydrogens (primary N) is 1. The first-order valence-electron chi connectivity index (χ1n) is 5.70. The Hall–Kier alpha value is -0.0800. The molecule has 1 aliphatic carbocycles. The molecular weight excluding hydrogens is 160 g/mol. The molecule has 0 aromatic heterocycles. The first-order valence-corrected chi connectivity index (χ1v) is 5.70. The van der Waals surface area contributed by atoms with Crippen molar-refractivity contribution in [2.75, 3.05) is 13.6 Å². The lowest BCUT2D eigenvalue weighted by Crippen LogP contribution is -2.59. The van der Waals surface area contributed by atoms with Crippen molar-refractivity contribution in [3.8, 4) is 0 Å². The summed E-state index contributed by atoms with van der Waals surface area (Å²) in [4.78, 5) is 2.49. The summed E-state index contributed by atoms with van der Waals surface area (Å²) < 4.78 is 0. The van der Waals surface area contributed by atoms with E-state index in [2.05, 4.69) is 11.9 Å². The average Bonchev–Trinajstić information content (AvgIpc) is 2.05. The summed E-state index contributed by atoms with van der Waals surface area (Å²) in [6.07, 6.45) is 6.83. The second-order valence-electron chi connectivity index (χ2n) is 4.26. The molecule has 1 saturated carbocycles. The molecular formula is C11H24N2. The van der Waals surface area contributed by atoms with E-state index < -0.39 is 0 Å². The molecule has 1 atom stereocenters. The van der Waals surface area contributed by atoms with Crippen LogP contribution in [0.3, 0.4) is 0 Å². The van der Waals surface area contributed by atoms with Crippen molar-refractivity contribution in [2.45, 2.75) is 57.5 Å². The maximum absolute atomic E-state index is 5.88. The summed E-state index contributed by atoms with van der Waals surface area (Å²) in [5.74, 6) is 0. The Kier molecular flexibility index (Phi) is 3.74. The summed E-state index contributed by atoms with van der Waals surface area (Å²) in [6.45, 7) is 5.11. The molecule has 1 unspecified atom stereocenters. The summed E-state index contributed by atoms with van der Waals surface area (Å²) in [5.41, 5.74) is 6.48. The SMILES string of the molecule is CC.CN1CC(N)CCC12CCC2. The lowest BCUT2D eigenvalue weighted by molar-refractivity contribution is -0.00292. The molecule has 1 heterocycles. The topological polar surface area (TPSA) is 29.3 Å². The molecule has 2 nitrogen and oxygen atoms in total. The highest BCUT2D eigenvalue weighted by atomic mass is 15.2. The molecule has 1 spiro atoms. The minimum Gasteiger partial charge on any atom is -0.327 e. The highest BCUT2D eigenvalue weighted by Gasteiger charge is 2.43. The highest BCUT2D eigenvalue weighted by molar-refractivity contribution is 5.00. The molecule has 13 heavy (non-hydrogen) atoms. The lowest BCUT2D eigenvalue weighted by Gasteiger charge is -2.53. The Morgan fingerprint density at radius 1 is 1.23 bits per heavy atom. The third-order valence-electron chi connectivity index (χ3n) is 3.58. The first kappa shape index (κ1) is 11.0. The molecule has 2 heteroatoms. The molecule has 78 valence electrons. The van der Waals surface area contributed by atoms with Gasteiger partial charge in [-0.1, -0.05) is 13.8 Å². The molecule has 0 bridgehead atoms. The molecule has 2 rings (SSSR count). The quantitative estimate of drug-likeness (QED) is 0.624. The van der Waals surface area contributed by atoms with Gasteiger partial charge in [0.05, 0.1) is 0 Å². The summed E-state index contributed by atoms with van der Waals surface area (Å²) >= 11 is 0. The number of nitrogens with zero attached hydrogens (tertiary/aromatic N) is 1. The molecule has 1 aliphatic heterocycles. The van der Waals surface area contributed by atoms with Crippen molar-refractivity contribution < 1.29 is 0 Å². The number of rotatable bonds is 0. The van der Waals surface area contributed by atoms with Gasteiger partial charge in [0.15, 0.2) is 0 Å². The molecule has 2 aliphatic rings. The fraction of sp³-hybridized carbons (Fsp3) is 1.00. The predicted molar refractivity (Wildman–Crippen MR) is 57.8 cm³/mol. The van der Waals surface area contributed by atoms with Crippen LogP contribution < -0.4 is 5.73 Å². The predicted octanol–water partition coefficient (Wildman–Crippen LogP) is 1.99. The van der Waals surface area contributed by atoms with Crippen LogP contribution in [-0.2, 0) is 0 Å². The van der Waals surface area contributed by atoms with Gasteiger partial charge in [0, 0.05) is 18.1 Å². The maximum atomic E-state index is 5.88. The third-order valence-corrected chi connectivity index (χ3v) is 3.58. The van der Waals surface area contributed by atoms with Crippen LogP contribution in [0.1, 0.15) is 46.0 Å². The minimum absolute atomic E-state index is 0.436. The van der Waals surface area contributed by atoms with E-state index in [-0.39, 0.29) is 0 Å². The summed E-state index contributed by atoms with van der Waals surface area (Å²) in [5, 5.41) is 0. The van der Waals surface area contributed by atoms with Gasteiger partial charge in [-0.05, 0) is 39.2 Å². The monoisotopic (exact) mass is 184 g/mol. The molecule has 2 fully saturated rings. The minimum atomic E-state index is 0.436. The van der Waals surface area contributed by atoms with Gasteiger partial charge in [-0.25, -0.2) is 0 Å². The number of likely N-dealkylation sites (N-methyl/N-ethyl adjacent to an activating group) is 1. The van der Waals surface area contributed by atoms with Crippen LogP contribution in [0, 0.1) is 0 Å². The van der Waals surface area contributed by atoms with Crippen LogP contribution in [0.25, 0.3) is 0 Å². The second-order valence-corrected chi connectivity index (χ2v) is 4.26. The smallest absolute Gasteiger partial charge is 0.0207 e. The van der Waals surface area contributed by atoms with E-state index >= 15 is 0 Å². The van der Waals surface area contributed by atoms with Gasteiger partial charge in [0.25, 0.3) is 0 Å². The fourth-order valence-corrected chi connectivity index (χ4v) is 2.50. The fourth-order valence-electron chi connectivity index (χ4n) is 2.50. The van der Waals surface area contributed by atoms with Gasteiger partial charge in [-0.2, -0.15) is 0 Å². The maximum Gasteiger partial charge on any atom is 0.0207 e. The van der Waals surface area contributed by atoms with Crippen molar-refractivity contribution in [3.05, 3.63) is 0 Å². The van der Waals surface area contributed by atoms with Crippen molar-refractivity contribution in [3.63, 3.8) is 0 Å². The zero-order valence-corrected chi connectivity index (χ0v) is 9.34. The number of hydrogen-bond acceptors (Lipinski definition) is 2. The van der Waals surface area contributed by atoms with Gasteiger partial charge < -0.3 is 5.73 Å². The van der Waals surface area contributed by atoms with E-state index in [1.807, 2.05) is 13.8 Å². The van der Waals surface area contributed by atoms with Crippen LogP contribution in [0.4, 0.5) is 0 Å². The van der Waals surface area contributed by atoms with Crippen molar-refractivity contribution in [1.82, 2.24) is 4.90 Å². The highest BCUT2D eigenvalue weighted by Crippen LogP contribution is 2.42.